The summed E-state index contributed by atoms with van der Waals surface area (Å²) in [6, 6.07) is 44.5. The molecule has 1 aromatic heterocycles. The number of carbonyl (C=O) groups is 2. The second-order valence-electron chi connectivity index (χ2n) is 10.5. The Morgan fingerprint density at radius 3 is 1.68 bits per heavy atom. The molecule has 1 atom stereocenters. The molecule has 0 saturated heterocycles. The maximum absolute atomic E-state index is 14.2. The fraction of sp³-hybridized carbons (Fsp3) is 0.105. The fourth-order valence-corrected chi connectivity index (χ4v) is 5.78. The van der Waals surface area contributed by atoms with Gasteiger partial charge in [-0.1, -0.05) is 137 Å². The van der Waals surface area contributed by atoms with Gasteiger partial charge in [-0.3, -0.25) is 9.59 Å². The number of fused-ring (bicyclic) bond motifs is 1. The van der Waals surface area contributed by atoms with Crippen LogP contribution >= 0.6 is 15.9 Å². The number of halogens is 1. The number of nitrogens with one attached hydrogen (secondary N) is 1. The Labute approximate surface area is 264 Å². The lowest BCUT2D eigenvalue weighted by Gasteiger charge is -2.26. The van der Waals surface area contributed by atoms with E-state index in [-0.39, 0.29) is 13.2 Å². The lowest BCUT2D eigenvalue weighted by Crippen LogP contribution is -2.34. The molecule has 1 unspecified atom stereocenters. The van der Waals surface area contributed by atoms with Crippen molar-refractivity contribution in [2.45, 2.75) is 19.1 Å². The summed E-state index contributed by atoms with van der Waals surface area (Å²) in [4.78, 5) is 32.0. The van der Waals surface area contributed by atoms with E-state index in [2.05, 4.69) is 20.9 Å². The van der Waals surface area contributed by atoms with Crippen molar-refractivity contribution in [3.05, 3.63) is 166 Å². The monoisotopic (exact) mass is 643 g/mol. The Kier molecular flexibility index (Phi) is 8.99. The van der Waals surface area contributed by atoms with E-state index in [1.807, 2.05) is 140 Å². The molecule has 0 aliphatic carbocycles. The van der Waals surface area contributed by atoms with Gasteiger partial charge in [0.15, 0.2) is 5.92 Å². The molecule has 44 heavy (non-hydrogen) atoms. The lowest BCUT2D eigenvalue weighted by atomic mass is 9.78. The summed E-state index contributed by atoms with van der Waals surface area (Å²) >= 11 is 3.54. The topological polar surface area (TPSA) is 68.4 Å². The number of aromatic nitrogens is 1. The van der Waals surface area contributed by atoms with Crippen LogP contribution in [0.25, 0.3) is 22.2 Å². The van der Waals surface area contributed by atoms with Crippen molar-refractivity contribution in [2.75, 3.05) is 0 Å². The van der Waals surface area contributed by atoms with Gasteiger partial charge >= 0.3 is 11.9 Å². The van der Waals surface area contributed by atoms with E-state index < -0.39 is 23.8 Å². The third-order valence-electron chi connectivity index (χ3n) is 7.64. The summed E-state index contributed by atoms with van der Waals surface area (Å²) in [5.74, 6) is -3.31. The minimum absolute atomic E-state index is 0.0363. The van der Waals surface area contributed by atoms with Crippen LogP contribution in [0.3, 0.4) is 0 Å². The first-order valence-electron chi connectivity index (χ1n) is 14.4. The quantitative estimate of drug-likeness (QED) is 0.120. The Morgan fingerprint density at radius 2 is 1.11 bits per heavy atom. The first-order chi connectivity index (χ1) is 21.6. The number of ether oxygens (including phenoxy) is 2. The number of aromatic amines is 1. The van der Waals surface area contributed by atoms with Gasteiger partial charge in [-0.2, -0.15) is 0 Å². The van der Waals surface area contributed by atoms with Gasteiger partial charge in [0.2, 0.25) is 0 Å². The summed E-state index contributed by atoms with van der Waals surface area (Å²) in [7, 11) is 0. The second-order valence-corrected chi connectivity index (χ2v) is 11.4. The van der Waals surface area contributed by atoms with Crippen LogP contribution < -0.4 is 0 Å². The van der Waals surface area contributed by atoms with E-state index in [1.165, 1.54) is 0 Å². The van der Waals surface area contributed by atoms with Crippen molar-refractivity contribution < 1.29 is 19.1 Å². The molecule has 1 N–H and O–H groups in total. The summed E-state index contributed by atoms with van der Waals surface area (Å²) in [5.41, 5.74) is 5.94. The molecule has 5 nitrogen and oxygen atoms in total. The Hall–Kier alpha value is -4.94. The van der Waals surface area contributed by atoms with E-state index in [9.17, 15) is 9.59 Å². The van der Waals surface area contributed by atoms with Crippen molar-refractivity contribution in [3.63, 3.8) is 0 Å². The van der Waals surface area contributed by atoms with Gasteiger partial charge in [0, 0.05) is 21.3 Å². The van der Waals surface area contributed by atoms with Gasteiger partial charge in [0.25, 0.3) is 0 Å². The summed E-state index contributed by atoms with van der Waals surface area (Å²) in [5, 5.41) is 0.913. The van der Waals surface area contributed by atoms with Crippen LogP contribution in [0, 0.1) is 5.92 Å². The van der Waals surface area contributed by atoms with Crippen LogP contribution in [0.4, 0.5) is 0 Å². The molecular formula is C38H30BrNO4. The van der Waals surface area contributed by atoms with Crippen LogP contribution in [0.1, 0.15) is 28.2 Å². The standard InChI is InChI=1S/C38H30BrNO4/c39-30-22-20-28(21-23-30)33(34-31-18-10-11-19-32(31)40-36(34)29-16-8-3-9-17-29)35(37(41)43-24-26-12-4-1-5-13-26)38(42)44-25-27-14-6-2-7-15-27/h1-23,33,35,40H,24-25H2. The number of carbonyl (C=O) groups excluding carboxylic acids is 2. The highest BCUT2D eigenvalue weighted by molar-refractivity contribution is 9.10. The van der Waals surface area contributed by atoms with Crippen LogP contribution in [-0.2, 0) is 32.3 Å². The first kappa shape index (κ1) is 29.1. The Morgan fingerprint density at radius 1 is 0.614 bits per heavy atom. The number of benzene rings is 5. The largest absolute Gasteiger partial charge is 0.460 e. The van der Waals surface area contributed by atoms with Crippen LogP contribution in [0.15, 0.2) is 144 Å². The van der Waals surface area contributed by atoms with Gasteiger partial charge in [-0.15, -0.1) is 0 Å². The number of hydrogen-bond acceptors (Lipinski definition) is 4. The molecule has 0 bridgehead atoms. The number of para-hydroxylation sites is 1. The molecule has 1 heterocycles. The van der Waals surface area contributed by atoms with Crippen molar-refractivity contribution >= 4 is 38.8 Å². The predicted molar refractivity (Wildman–Crippen MR) is 176 cm³/mol. The van der Waals surface area contributed by atoms with Gasteiger partial charge in [-0.05, 0) is 46.0 Å². The minimum Gasteiger partial charge on any atom is -0.460 e. The Bertz CT molecular complexity index is 1800. The van der Waals surface area contributed by atoms with Crippen molar-refractivity contribution in [2.24, 2.45) is 5.92 Å². The average Bonchev–Trinajstić information content (AvgIpc) is 3.46. The number of hydrogen-bond donors (Lipinski definition) is 1. The van der Waals surface area contributed by atoms with E-state index in [4.69, 9.17) is 9.47 Å². The average molecular weight is 645 g/mol. The molecule has 0 aliphatic rings. The smallest absolute Gasteiger partial charge is 0.321 e. The van der Waals surface area contributed by atoms with Crippen molar-refractivity contribution in [3.8, 4) is 11.3 Å². The SMILES string of the molecule is O=C(OCc1ccccc1)C(C(=O)OCc1ccccc1)C(c1ccc(Br)cc1)c1c(-c2ccccc2)[nH]c2ccccc12. The first-order valence-corrected chi connectivity index (χ1v) is 15.2. The molecule has 6 aromatic rings. The normalized spacial score (nSPS) is 11.8. The molecular weight excluding hydrogens is 614 g/mol. The second kappa shape index (κ2) is 13.6. The van der Waals surface area contributed by atoms with Crippen LogP contribution in [0.5, 0.6) is 0 Å². The van der Waals surface area contributed by atoms with Gasteiger partial charge in [-0.25, -0.2) is 0 Å². The predicted octanol–water partition coefficient (Wildman–Crippen LogP) is 8.83. The van der Waals surface area contributed by atoms with E-state index in [0.717, 1.165) is 48.9 Å². The molecule has 0 radical (unpaired) electrons. The molecule has 0 spiro atoms. The van der Waals surface area contributed by atoms with E-state index >= 15 is 0 Å². The zero-order valence-electron chi connectivity index (χ0n) is 23.9. The Balaban J connectivity index is 1.50. The minimum atomic E-state index is -1.29. The number of esters is 2. The molecule has 218 valence electrons. The van der Waals surface area contributed by atoms with Crippen molar-refractivity contribution in [1.82, 2.24) is 4.98 Å². The number of rotatable bonds is 10. The van der Waals surface area contributed by atoms with Gasteiger partial charge in [0.1, 0.15) is 13.2 Å². The van der Waals surface area contributed by atoms with Gasteiger partial charge in [0.05, 0.1) is 5.69 Å². The van der Waals surface area contributed by atoms with E-state index in [0.29, 0.717) is 0 Å². The maximum atomic E-state index is 14.2. The lowest BCUT2D eigenvalue weighted by molar-refractivity contribution is -0.164. The summed E-state index contributed by atoms with van der Waals surface area (Å²) < 4.78 is 12.7. The molecule has 0 amide bonds. The zero-order valence-corrected chi connectivity index (χ0v) is 25.4. The highest BCUT2D eigenvalue weighted by Gasteiger charge is 2.42. The molecule has 5 aromatic carbocycles. The third kappa shape index (κ3) is 6.51. The summed E-state index contributed by atoms with van der Waals surface area (Å²) in [6.45, 7) is 0.0727. The number of H-pyrrole nitrogens is 1. The van der Waals surface area contributed by atoms with Crippen LogP contribution in [-0.4, -0.2) is 16.9 Å². The van der Waals surface area contributed by atoms with Crippen LogP contribution in [0.2, 0.25) is 0 Å². The fourth-order valence-electron chi connectivity index (χ4n) is 5.52. The maximum Gasteiger partial charge on any atom is 0.321 e. The zero-order chi connectivity index (χ0) is 30.3. The molecule has 0 aliphatic heterocycles. The van der Waals surface area contributed by atoms with Gasteiger partial charge < -0.3 is 14.5 Å². The molecule has 0 saturated carbocycles. The highest BCUT2D eigenvalue weighted by atomic mass is 79.9. The van der Waals surface area contributed by atoms with Crippen molar-refractivity contribution in [1.29, 1.82) is 0 Å². The summed E-state index contributed by atoms with van der Waals surface area (Å²) in [6.07, 6.45) is 0. The molecule has 6 heteroatoms. The highest BCUT2D eigenvalue weighted by Crippen LogP contribution is 2.43. The molecule has 0 fully saturated rings. The molecule has 6 rings (SSSR count). The third-order valence-corrected chi connectivity index (χ3v) is 8.17. The van der Waals surface area contributed by atoms with E-state index in [1.54, 1.807) is 0 Å².